The van der Waals surface area contributed by atoms with E-state index >= 15 is 0 Å². The first-order valence-electron chi connectivity index (χ1n) is 6.31. The average molecular weight is 341 g/mol. The first-order chi connectivity index (χ1) is 9.66. The lowest BCUT2D eigenvalue weighted by atomic mass is 10.0. The van der Waals surface area contributed by atoms with Crippen LogP contribution in [-0.2, 0) is 4.52 Å². The molecular weight excluding hydrogens is 326 g/mol. The summed E-state index contributed by atoms with van der Waals surface area (Å²) < 4.78 is 5.53. The van der Waals surface area contributed by atoms with Crippen molar-refractivity contribution in [1.82, 2.24) is 0 Å². The van der Waals surface area contributed by atoms with Gasteiger partial charge in [0.15, 0.2) is 0 Å². The van der Waals surface area contributed by atoms with Gasteiger partial charge in [-0.05, 0) is 40.5 Å². The molecule has 1 unspecified atom stereocenters. The zero-order valence-corrected chi connectivity index (χ0v) is 14.4. The second-order valence-corrected chi connectivity index (χ2v) is 9.07. The molecule has 0 amide bonds. The Balaban J connectivity index is 2.21. The van der Waals surface area contributed by atoms with Gasteiger partial charge in [0.25, 0.3) is 0 Å². The maximum atomic E-state index is 5.76. The predicted octanol–water partition coefficient (Wildman–Crippen LogP) is 5.55. The maximum Gasteiger partial charge on any atom is 0.225 e. The largest absolute Gasteiger partial charge is 0.333 e. The predicted molar refractivity (Wildman–Crippen MR) is 89.7 cm³/mol. The quantitative estimate of drug-likeness (QED) is 0.495. The molecule has 104 valence electrons. The SMILES string of the molecule is CC(OP(Cl)Cl)[Si]C(c1ccccc1)c1ccccc1. The molecule has 0 bridgehead atoms. The van der Waals surface area contributed by atoms with Crippen LogP contribution in [0.2, 0.25) is 0 Å². The van der Waals surface area contributed by atoms with Gasteiger partial charge >= 0.3 is 0 Å². The third-order valence-electron chi connectivity index (χ3n) is 2.90. The molecule has 2 radical (unpaired) electrons. The van der Waals surface area contributed by atoms with Crippen molar-refractivity contribution < 1.29 is 4.52 Å². The molecule has 0 aliphatic carbocycles. The van der Waals surface area contributed by atoms with Gasteiger partial charge in [-0.3, -0.25) is 0 Å². The van der Waals surface area contributed by atoms with Crippen molar-refractivity contribution in [3.63, 3.8) is 0 Å². The van der Waals surface area contributed by atoms with Crippen molar-refractivity contribution in [1.29, 1.82) is 0 Å². The summed E-state index contributed by atoms with van der Waals surface area (Å²) in [5, 5.41) is 0. The van der Waals surface area contributed by atoms with Crippen molar-refractivity contribution in [2.45, 2.75) is 18.2 Å². The van der Waals surface area contributed by atoms with Crippen LogP contribution in [0.5, 0.6) is 0 Å². The molecule has 0 N–H and O–H groups in total. The first-order valence-corrected chi connectivity index (χ1v) is 10.5. The van der Waals surface area contributed by atoms with Gasteiger partial charge in [0.05, 0.1) is 9.52 Å². The summed E-state index contributed by atoms with van der Waals surface area (Å²) in [6.07, 6.45) is 0. The van der Waals surface area contributed by atoms with E-state index in [1.54, 1.807) is 0 Å². The topological polar surface area (TPSA) is 9.23 Å². The Hall–Kier alpha value is -0.373. The van der Waals surface area contributed by atoms with E-state index in [0.29, 0.717) is 15.1 Å². The Labute approximate surface area is 133 Å². The highest BCUT2D eigenvalue weighted by atomic mass is 35.9. The molecule has 0 heterocycles. The molecule has 1 nitrogen and oxygen atoms in total. The van der Waals surface area contributed by atoms with E-state index in [2.05, 4.69) is 48.5 Å². The second-order valence-electron chi connectivity index (χ2n) is 4.37. The van der Waals surface area contributed by atoms with Crippen LogP contribution in [0.1, 0.15) is 23.6 Å². The zero-order valence-electron chi connectivity index (χ0n) is 11.0. The van der Waals surface area contributed by atoms with Crippen LogP contribution in [0.3, 0.4) is 0 Å². The van der Waals surface area contributed by atoms with Crippen LogP contribution >= 0.6 is 29.3 Å². The molecule has 0 spiro atoms. The third kappa shape index (κ3) is 4.87. The Morgan fingerprint density at radius 1 is 0.900 bits per heavy atom. The molecule has 0 aliphatic rings. The Morgan fingerprint density at radius 3 is 1.75 bits per heavy atom. The molecule has 5 heteroatoms. The fourth-order valence-electron chi connectivity index (χ4n) is 2.06. The maximum absolute atomic E-state index is 5.76. The minimum atomic E-state index is -1.36. The van der Waals surface area contributed by atoms with Crippen LogP contribution in [0, 0.1) is 0 Å². The first kappa shape index (κ1) is 16.0. The lowest BCUT2D eigenvalue weighted by Crippen LogP contribution is -2.22. The smallest absolute Gasteiger partial charge is 0.225 e. The van der Waals surface area contributed by atoms with E-state index in [1.807, 2.05) is 19.1 Å². The highest BCUT2D eigenvalue weighted by Gasteiger charge is 2.20. The van der Waals surface area contributed by atoms with E-state index in [4.69, 9.17) is 27.0 Å². The number of halogens is 2. The van der Waals surface area contributed by atoms with Crippen LogP contribution in [-0.4, -0.2) is 15.2 Å². The monoisotopic (exact) mass is 340 g/mol. The van der Waals surface area contributed by atoms with Crippen LogP contribution < -0.4 is 0 Å². The van der Waals surface area contributed by atoms with Crippen LogP contribution in [0.15, 0.2) is 60.7 Å². The molecule has 0 saturated carbocycles. The molecule has 2 aromatic carbocycles. The summed E-state index contributed by atoms with van der Waals surface area (Å²) in [5.74, 6) is 0. The van der Waals surface area contributed by atoms with Gasteiger partial charge < -0.3 is 4.52 Å². The van der Waals surface area contributed by atoms with Crippen LogP contribution in [0.25, 0.3) is 0 Å². The highest BCUT2D eigenvalue weighted by molar-refractivity contribution is 8.00. The van der Waals surface area contributed by atoms with E-state index < -0.39 is 6.85 Å². The minimum Gasteiger partial charge on any atom is -0.333 e. The van der Waals surface area contributed by atoms with E-state index in [1.165, 1.54) is 11.1 Å². The Morgan fingerprint density at radius 2 is 1.35 bits per heavy atom. The minimum absolute atomic E-state index is 0.0431. The molecule has 2 aromatic rings. The lowest BCUT2D eigenvalue weighted by Gasteiger charge is -2.21. The van der Waals surface area contributed by atoms with E-state index in [-0.39, 0.29) is 5.73 Å². The van der Waals surface area contributed by atoms with Gasteiger partial charge in [-0.15, -0.1) is 0 Å². The molecule has 0 fully saturated rings. The van der Waals surface area contributed by atoms with Crippen molar-refractivity contribution >= 4 is 38.9 Å². The van der Waals surface area contributed by atoms with Crippen LogP contribution in [0.4, 0.5) is 0 Å². The van der Waals surface area contributed by atoms with Gasteiger partial charge in [-0.2, -0.15) is 0 Å². The molecule has 0 saturated heterocycles. The average Bonchev–Trinajstić information content (AvgIpc) is 2.46. The summed E-state index contributed by atoms with van der Waals surface area (Å²) >= 11 is 11.5. The number of hydrogen-bond acceptors (Lipinski definition) is 1. The Kier molecular flexibility index (Phi) is 6.53. The fourth-order valence-corrected chi connectivity index (χ4v) is 5.22. The van der Waals surface area contributed by atoms with Gasteiger partial charge in [0.2, 0.25) is 6.85 Å². The van der Waals surface area contributed by atoms with Gasteiger partial charge in [0, 0.05) is 11.3 Å². The van der Waals surface area contributed by atoms with Crippen molar-refractivity contribution in [3.05, 3.63) is 71.8 Å². The molecular formula is C15H15Cl2OPSi. The van der Waals surface area contributed by atoms with E-state index in [0.717, 1.165) is 0 Å². The molecule has 0 aromatic heterocycles. The zero-order chi connectivity index (χ0) is 14.4. The summed E-state index contributed by atoms with van der Waals surface area (Å²) in [4.78, 5) is 0. The molecule has 0 aliphatic heterocycles. The van der Waals surface area contributed by atoms with Crippen molar-refractivity contribution in [2.75, 3.05) is 0 Å². The summed E-state index contributed by atoms with van der Waals surface area (Å²) in [7, 11) is 0.570. The van der Waals surface area contributed by atoms with Gasteiger partial charge in [0.1, 0.15) is 0 Å². The molecule has 2 rings (SSSR count). The number of rotatable bonds is 6. The highest BCUT2D eigenvalue weighted by Crippen LogP contribution is 2.49. The number of benzene rings is 2. The summed E-state index contributed by atoms with van der Waals surface area (Å²) in [5.41, 5.74) is 2.94. The normalized spacial score (nSPS) is 12.8. The van der Waals surface area contributed by atoms with Gasteiger partial charge in [-0.1, -0.05) is 60.7 Å². The van der Waals surface area contributed by atoms with Crippen molar-refractivity contribution in [2.24, 2.45) is 0 Å². The molecule has 1 atom stereocenters. The third-order valence-corrected chi connectivity index (χ3v) is 5.64. The van der Waals surface area contributed by atoms with E-state index in [9.17, 15) is 0 Å². The van der Waals surface area contributed by atoms with Crippen molar-refractivity contribution in [3.8, 4) is 0 Å². The van der Waals surface area contributed by atoms with Gasteiger partial charge in [-0.25, -0.2) is 0 Å². The lowest BCUT2D eigenvalue weighted by molar-refractivity contribution is 0.342. The molecule has 20 heavy (non-hydrogen) atoms. The standard InChI is InChI=1S/C15H15Cl2OPSi/c1-12(18-19(16)17)20-15(13-8-4-2-5-9-13)14-10-6-3-7-11-14/h2-12,15H,1H3. The Bertz CT molecular complexity index is 470. The number of hydrogen-bond donors (Lipinski definition) is 0. The summed E-state index contributed by atoms with van der Waals surface area (Å²) in [6, 6.07) is 21.0. The second kappa shape index (κ2) is 8.16. The fraction of sp³-hybridized carbons (Fsp3) is 0.200. The summed E-state index contributed by atoms with van der Waals surface area (Å²) in [6.45, 7) is 0.668.